The van der Waals surface area contributed by atoms with Crippen molar-refractivity contribution in [1.29, 1.82) is 0 Å². The lowest BCUT2D eigenvalue weighted by atomic mass is 10.2. The molecule has 0 radical (unpaired) electrons. The third kappa shape index (κ3) is 4.82. The lowest BCUT2D eigenvalue weighted by Gasteiger charge is -2.08. The van der Waals surface area contributed by atoms with E-state index in [2.05, 4.69) is 10.5 Å². The molecule has 1 N–H and O–H groups in total. The van der Waals surface area contributed by atoms with Gasteiger partial charge >= 0.3 is 5.88 Å². The van der Waals surface area contributed by atoms with Gasteiger partial charge in [0.2, 0.25) is 0 Å². The number of amides is 1. The minimum Gasteiger partial charge on any atom is -0.483 e. The van der Waals surface area contributed by atoms with Gasteiger partial charge in [0.05, 0.1) is 12.3 Å². The number of aryl methyl sites for hydroxylation is 1. The molecule has 8 nitrogen and oxygen atoms in total. The number of halogens is 1. The summed E-state index contributed by atoms with van der Waals surface area (Å²) in [5, 5.41) is 14.6. The molecule has 0 saturated carbocycles. The number of benzene rings is 1. The van der Waals surface area contributed by atoms with Crippen LogP contribution in [0.1, 0.15) is 11.3 Å². The van der Waals surface area contributed by atoms with Crippen LogP contribution in [-0.4, -0.2) is 23.7 Å². The third-order valence-corrected chi connectivity index (χ3v) is 2.90. The van der Waals surface area contributed by atoms with Crippen molar-refractivity contribution in [3.8, 4) is 5.75 Å². The lowest BCUT2D eigenvalue weighted by molar-refractivity contribution is -0.402. The summed E-state index contributed by atoms with van der Waals surface area (Å²) in [6.07, 6.45) is 1.15. The van der Waals surface area contributed by atoms with Crippen molar-refractivity contribution in [2.45, 2.75) is 6.92 Å². The molecule has 120 valence electrons. The first kappa shape index (κ1) is 16.5. The molecule has 0 bridgehead atoms. The van der Waals surface area contributed by atoms with Gasteiger partial charge in [-0.2, -0.15) is 5.10 Å². The zero-order valence-corrected chi connectivity index (χ0v) is 12.7. The van der Waals surface area contributed by atoms with Crippen LogP contribution in [0.3, 0.4) is 0 Å². The maximum Gasteiger partial charge on any atom is 0.433 e. The first-order chi connectivity index (χ1) is 11.0. The van der Waals surface area contributed by atoms with E-state index >= 15 is 0 Å². The number of hydrogen-bond donors (Lipinski definition) is 1. The second-order valence-electron chi connectivity index (χ2n) is 4.42. The highest BCUT2D eigenvalue weighted by Crippen LogP contribution is 2.21. The maximum atomic E-state index is 11.6. The summed E-state index contributed by atoms with van der Waals surface area (Å²) >= 11 is 5.82. The number of carbonyl (C=O) groups excluding carboxylic acids is 1. The average Bonchev–Trinajstić information content (AvgIpc) is 2.95. The van der Waals surface area contributed by atoms with Crippen LogP contribution in [0.2, 0.25) is 5.02 Å². The normalized spacial score (nSPS) is 10.7. The Morgan fingerprint density at radius 1 is 1.48 bits per heavy atom. The topological polar surface area (TPSA) is 107 Å². The molecule has 0 aliphatic heterocycles. The van der Waals surface area contributed by atoms with E-state index in [-0.39, 0.29) is 12.4 Å². The summed E-state index contributed by atoms with van der Waals surface area (Å²) in [5.74, 6) is -0.211. The molecule has 2 aromatic rings. The highest BCUT2D eigenvalue weighted by Gasteiger charge is 2.10. The molecule has 0 spiro atoms. The van der Waals surface area contributed by atoms with E-state index < -0.39 is 16.7 Å². The van der Waals surface area contributed by atoms with Crippen molar-refractivity contribution in [2.75, 3.05) is 6.61 Å². The smallest absolute Gasteiger partial charge is 0.433 e. The second kappa shape index (κ2) is 7.41. The van der Waals surface area contributed by atoms with Gasteiger partial charge in [0, 0.05) is 5.02 Å². The number of ether oxygens (including phenoxy) is 1. The van der Waals surface area contributed by atoms with E-state index in [9.17, 15) is 14.9 Å². The van der Waals surface area contributed by atoms with Crippen LogP contribution in [-0.2, 0) is 4.79 Å². The van der Waals surface area contributed by atoms with Crippen molar-refractivity contribution in [3.05, 3.63) is 56.8 Å². The molecule has 0 fully saturated rings. The molecule has 0 aliphatic rings. The van der Waals surface area contributed by atoms with Crippen LogP contribution < -0.4 is 10.2 Å². The molecule has 23 heavy (non-hydrogen) atoms. The molecule has 0 atom stereocenters. The van der Waals surface area contributed by atoms with Gasteiger partial charge in [0.1, 0.15) is 10.7 Å². The Bertz CT molecular complexity index is 757. The average molecular weight is 338 g/mol. The first-order valence-electron chi connectivity index (χ1n) is 6.41. The predicted molar refractivity (Wildman–Crippen MR) is 82.8 cm³/mol. The zero-order chi connectivity index (χ0) is 16.8. The molecular formula is C14H12ClN3O5. The second-order valence-corrected chi connectivity index (χ2v) is 4.86. The standard InChI is InChI=1S/C14H12ClN3O5/c1-9-6-10(15)2-4-12(9)22-8-13(19)17-16-7-11-3-5-14(23-11)18(20)21/h2-7H,8H2,1H3,(H,17,19)/b16-7+. The summed E-state index contributed by atoms with van der Waals surface area (Å²) in [6.45, 7) is 1.57. The minimum absolute atomic E-state index is 0.145. The number of hydrazone groups is 1. The van der Waals surface area contributed by atoms with Crippen molar-refractivity contribution in [1.82, 2.24) is 5.43 Å². The van der Waals surface area contributed by atoms with Gasteiger partial charge in [-0.25, -0.2) is 5.43 Å². The van der Waals surface area contributed by atoms with Crippen molar-refractivity contribution in [2.24, 2.45) is 5.10 Å². The van der Waals surface area contributed by atoms with Crippen LogP contribution >= 0.6 is 11.6 Å². The van der Waals surface area contributed by atoms with Gasteiger partial charge in [-0.3, -0.25) is 14.9 Å². The fourth-order valence-electron chi connectivity index (χ4n) is 1.63. The molecule has 1 heterocycles. The fourth-order valence-corrected chi connectivity index (χ4v) is 1.85. The Hall–Kier alpha value is -2.87. The van der Waals surface area contributed by atoms with Crippen molar-refractivity contribution < 1.29 is 18.9 Å². The van der Waals surface area contributed by atoms with Gasteiger partial charge in [0.15, 0.2) is 12.4 Å². The Labute approximate surface area is 135 Å². The minimum atomic E-state index is -0.668. The molecule has 9 heteroatoms. The fraction of sp³-hybridized carbons (Fsp3) is 0.143. The number of nitrogens with zero attached hydrogens (tertiary/aromatic N) is 2. The monoisotopic (exact) mass is 337 g/mol. The van der Waals surface area contributed by atoms with Gasteiger partial charge in [-0.1, -0.05) is 11.6 Å². The van der Waals surface area contributed by atoms with Crippen LogP contribution in [0, 0.1) is 17.0 Å². The molecular weight excluding hydrogens is 326 g/mol. The number of hydrogen-bond acceptors (Lipinski definition) is 6. The third-order valence-electron chi connectivity index (χ3n) is 2.67. The Kier molecular flexibility index (Phi) is 5.32. The van der Waals surface area contributed by atoms with E-state index in [0.717, 1.165) is 11.8 Å². The number of rotatable bonds is 6. The SMILES string of the molecule is Cc1cc(Cl)ccc1OCC(=O)N/N=C/c1ccc([N+](=O)[O-])o1. The van der Waals surface area contributed by atoms with Crippen molar-refractivity contribution >= 4 is 29.6 Å². The van der Waals surface area contributed by atoms with Crippen molar-refractivity contribution in [3.63, 3.8) is 0 Å². The van der Waals surface area contributed by atoms with Gasteiger partial charge in [0.25, 0.3) is 5.91 Å². The molecule has 0 aliphatic carbocycles. The summed E-state index contributed by atoms with van der Waals surface area (Å²) < 4.78 is 10.2. The highest BCUT2D eigenvalue weighted by atomic mass is 35.5. The summed E-state index contributed by atoms with van der Waals surface area (Å²) in [4.78, 5) is 21.4. The number of nitro groups is 1. The summed E-state index contributed by atoms with van der Waals surface area (Å²) in [6, 6.07) is 7.59. The first-order valence-corrected chi connectivity index (χ1v) is 6.78. The van der Waals surface area contributed by atoms with E-state index in [0.29, 0.717) is 10.8 Å². The summed E-state index contributed by atoms with van der Waals surface area (Å²) in [7, 11) is 0. The maximum absolute atomic E-state index is 11.6. The quantitative estimate of drug-likeness (QED) is 0.495. The van der Waals surface area contributed by atoms with Crippen LogP contribution in [0.5, 0.6) is 5.75 Å². The Morgan fingerprint density at radius 3 is 2.91 bits per heavy atom. The molecule has 1 aromatic heterocycles. The number of nitrogens with one attached hydrogen (secondary N) is 1. The molecule has 1 amide bonds. The lowest BCUT2D eigenvalue weighted by Crippen LogP contribution is -2.24. The Balaban J connectivity index is 1.82. The zero-order valence-electron chi connectivity index (χ0n) is 12.0. The van der Waals surface area contributed by atoms with Gasteiger partial charge in [-0.05, 0) is 36.8 Å². The number of furan rings is 1. The predicted octanol–water partition coefficient (Wildman–Crippen LogP) is 2.68. The Morgan fingerprint density at radius 2 is 2.26 bits per heavy atom. The molecule has 1 aromatic carbocycles. The van der Waals surface area contributed by atoms with Crippen LogP contribution in [0.15, 0.2) is 39.9 Å². The van der Waals surface area contributed by atoms with E-state index in [1.165, 1.54) is 12.1 Å². The van der Waals surface area contributed by atoms with E-state index in [1.54, 1.807) is 25.1 Å². The molecule has 0 saturated heterocycles. The van der Waals surface area contributed by atoms with E-state index in [4.69, 9.17) is 20.8 Å². The molecule has 0 unspecified atom stereocenters. The highest BCUT2D eigenvalue weighted by molar-refractivity contribution is 6.30. The van der Waals surface area contributed by atoms with Crippen LogP contribution in [0.25, 0.3) is 0 Å². The van der Waals surface area contributed by atoms with E-state index in [1.807, 2.05) is 0 Å². The largest absolute Gasteiger partial charge is 0.483 e. The van der Waals surface area contributed by atoms with Crippen LogP contribution in [0.4, 0.5) is 5.88 Å². The van der Waals surface area contributed by atoms with Gasteiger partial charge < -0.3 is 9.15 Å². The molecule has 2 rings (SSSR count). The number of carbonyl (C=O) groups is 1. The summed E-state index contributed by atoms with van der Waals surface area (Å²) in [5.41, 5.74) is 3.02. The van der Waals surface area contributed by atoms with Gasteiger partial charge in [-0.15, -0.1) is 0 Å².